The molecule has 0 unspecified atom stereocenters. The van der Waals surface area contributed by atoms with Gasteiger partial charge in [-0.05, 0) is 55.3 Å². The van der Waals surface area contributed by atoms with E-state index in [0.29, 0.717) is 10.6 Å². The van der Waals surface area contributed by atoms with Crippen molar-refractivity contribution in [2.45, 2.75) is 13.8 Å². The molecule has 0 amide bonds. The summed E-state index contributed by atoms with van der Waals surface area (Å²) in [5.41, 5.74) is 5.60. The number of fused-ring (bicyclic) bond motifs is 1. The molecule has 0 radical (unpaired) electrons. The molecule has 3 nitrogen and oxygen atoms in total. The average molecular weight is 285 g/mol. The summed E-state index contributed by atoms with van der Waals surface area (Å²) in [6.45, 7) is 4.12. The van der Waals surface area contributed by atoms with E-state index in [-0.39, 0.29) is 0 Å². The van der Waals surface area contributed by atoms with Crippen LogP contribution in [-0.4, -0.2) is 15.8 Å². The standard InChI is InChI=1S/C16H13ClN2O/c1-10-5-14-16(6-11(10)2)19(9-18-14)15-7-13(17)4-3-12(15)8-20/h3-9H,1-2H3. The fourth-order valence-corrected chi connectivity index (χ4v) is 2.45. The van der Waals surface area contributed by atoms with Crippen LogP contribution in [0.2, 0.25) is 5.02 Å². The van der Waals surface area contributed by atoms with E-state index in [9.17, 15) is 4.79 Å². The molecule has 1 heterocycles. The van der Waals surface area contributed by atoms with Gasteiger partial charge < -0.3 is 0 Å². The third-order valence-electron chi connectivity index (χ3n) is 3.54. The Morgan fingerprint density at radius 3 is 2.65 bits per heavy atom. The van der Waals surface area contributed by atoms with E-state index in [4.69, 9.17) is 11.6 Å². The average Bonchev–Trinajstić information content (AvgIpc) is 2.82. The smallest absolute Gasteiger partial charge is 0.152 e. The minimum atomic E-state index is 0.590. The first-order valence-corrected chi connectivity index (χ1v) is 6.67. The van der Waals surface area contributed by atoms with Crippen LogP contribution in [0.4, 0.5) is 0 Å². The number of carbonyl (C=O) groups is 1. The Morgan fingerprint density at radius 2 is 1.90 bits per heavy atom. The summed E-state index contributed by atoms with van der Waals surface area (Å²) in [5.74, 6) is 0. The summed E-state index contributed by atoms with van der Waals surface area (Å²) < 4.78 is 1.90. The van der Waals surface area contributed by atoms with Crippen molar-refractivity contribution in [1.82, 2.24) is 9.55 Å². The van der Waals surface area contributed by atoms with Crippen molar-refractivity contribution in [2.24, 2.45) is 0 Å². The SMILES string of the molecule is Cc1cc2ncn(-c3cc(Cl)ccc3C=O)c2cc1C. The molecule has 4 heteroatoms. The van der Waals surface area contributed by atoms with Crippen molar-refractivity contribution < 1.29 is 4.79 Å². The molecular formula is C16H13ClN2O. The third kappa shape index (κ3) is 2.00. The van der Waals surface area contributed by atoms with Gasteiger partial charge in [-0.1, -0.05) is 11.6 Å². The highest BCUT2D eigenvalue weighted by atomic mass is 35.5. The normalized spacial score (nSPS) is 10.9. The maximum Gasteiger partial charge on any atom is 0.152 e. The minimum absolute atomic E-state index is 0.590. The lowest BCUT2D eigenvalue weighted by atomic mass is 10.1. The van der Waals surface area contributed by atoms with E-state index >= 15 is 0 Å². The van der Waals surface area contributed by atoms with Crippen LogP contribution in [0, 0.1) is 13.8 Å². The Kier molecular flexibility index (Phi) is 3.07. The number of benzene rings is 2. The number of carbonyl (C=O) groups excluding carboxylic acids is 1. The molecular weight excluding hydrogens is 272 g/mol. The lowest BCUT2D eigenvalue weighted by molar-refractivity contribution is 0.112. The fourth-order valence-electron chi connectivity index (χ4n) is 2.28. The molecule has 0 bridgehead atoms. The molecule has 0 spiro atoms. The van der Waals surface area contributed by atoms with Gasteiger partial charge in [-0.2, -0.15) is 0 Å². The van der Waals surface area contributed by atoms with E-state index in [1.54, 1.807) is 24.5 Å². The Bertz CT molecular complexity index is 821. The molecule has 100 valence electrons. The minimum Gasteiger partial charge on any atom is -0.298 e. The molecule has 0 aliphatic heterocycles. The zero-order valence-electron chi connectivity index (χ0n) is 11.2. The molecule has 0 saturated heterocycles. The summed E-state index contributed by atoms with van der Waals surface area (Å²) in [4.78, 5) is 15.6. The van der Waals surface area contributed by atoms with E-state index in [1.807, 2.05) is 10.6 Å². The monoisotopic (exact) mass is 284 g/mol. The largest absolute Gasteiger partial charge is 0.298 e. The first-order valence-electron chi connectivity index (χ1n) is 6.29. The van der Waals surface area contributed by atoms with Crippen LogP contribution in [0.1, 0.15) is 21.5 Å². The first kappa shape index (κ1) is 12.9. The van der Waals surface area contributed by atoms with Crippen molar-refractivity contribution >= 4 is 28.9 Å². The Balaban J connectivity index is 2.32. The van der Waals surface area contributed by atoms with Crippen LogP contribution < -0.4 is 0 Å². The zero-order chi connectivity index (χ0) is 14.3. The molecule has 0 atom stereocenters. The van der Waals surface area contributed by atoms with Gasteiger partial charge in [0.2, 0.25) is 0 Å². The van der Waals surface area contributed by atoms with Gasteiger partial charge in [0, 0.05) is 10.6 Å². The van der Waals surface area contributed by atoms with Crippen LogP contribution in [0.5, 0.6) is 0 Å². The number of hydrogen-bond acceptors (Lipinski definition) is 2. The van der Waals surface area contributed by atoms with Crippen LogP contribution in [0.3, 0.4) is 0 Å². The van der Waals surface area contributed by atoms with E-state index in [1.165, 1.54) is 11.1 Å². The number of rotatable bonds is 2. The predicted molar refractivity (Wildman–Crippen MR) is 80.9 cm³/mol. The topological polar surface area (TPSA) is 34.9 Å². The van der Waals surface area contributed by atoms with Gasteiger partial charge in [0.15, 0.2) is 6.29 Å². The van der Waals surface area contributed by atoms with Gasteiger partial charge in [-0.25, -0.2) is 4.98 Å². The molecule has 0 aliphatic carbocycles. The number of halogens is 1. The molecule has 0 aliphatic rings. The summed E-state index contributed by atoms with van der Waals surface area (Å²) >= 11 is 6.05. The summed E-state index contributed by atoms with van der Waals surface area (Å²) in [7, 11) is 0. The molecule has 0 N–H and O–H groups in total. The fraction of sp³-hybridized carbons (Fsp3) is 0.125. The predicted octanol–water partition coefficient (Wildman–Crippen LogP) is 4.11. The van der Waals surface area contributed by atoms with Gasteiger partial charge in [-0.15, -0.1) is 0 Å². The number of aromatic nitrogens is 2. The van der Waals surface area contributed by atoms with Crippen LogP contribution in [0.15, 0.2) is 36.7 Å². The van der Waals surface area contributed by atoms with E-state index in [0.717, 1.165) is 23.0 Å². The van der Waals surface area contributed by atoms with Crippen LogP contribution in [-0.2, 0) is 0 Å². The number of nitrogens with zero attached hydrogens (tertiary/aromatic N) is 2. The van der Waals surface area contributed by atoms with E-state index in [2.05, 4.69) is 24.9 Å². The molecule has 3 aromatic rings. The summed E-state index contributed by atoms with van der Waals surface area (Å²) in [6.07, 6.45) is 2.56. The quantitative estimate of drug-likeness (QED) is 0.664. The molecule has 0 saturated carbocycles. The number of hydrogen-bond donors (Lipinski definition) is 0. The zero-order valence-corrected chi connectivity index (χ0v) is 12.0. The van der Waals surface area contributed by atoms with Gasteiger partial charge >= 0.3 is 0 Å². The second-order valence-electron chi connectivity index (χ2n) is 4.86. The second kappa shape index (κ2) is 4.76. The van der Waals surface area contributed by atoms with Gasteiger partial charge in [0.25, 0.3) is 0 Å². The lowest BCUT2D eigenvalue weighted by Gasteiger charge is -2.09. The van der Waals surface area contributed by atoms with E-state index < -0.39 is 0 Å². The van der Waals surface area contributed by atoms with Gasteiger partial charge in [-0.3, -0.25) is 9.36 Å². The Hall–Kier alpha value is -2.13. The van der Waals surface area contributed by atoms with Crippen molar-refractivity contribution in [3.8, 4) is 5.69 Å². The number of imidazole rings is 1. The van der Waals surface area contributed by atoms with Crippen molar-refractivity contribution in [1.29, 1.82) is 0 Å². The van der Waals surface area contributed by atoms with Gasteiger partial charge in [0.05, 0.1) is 16.7 Å². The Labute approximate surface area is 121 Å². The highest BCUT2D eigenvalue weighted by molar-refractivity contribution is 6.30. The third-order valence-corrected chi connectivity index (χ3v) is 3.78. The summed E-state index contributed by atoms with van der Waals surface area (Å²) in [6, 6.07) is 9.34. The molecule has 0 fully saturated rings. The molecule has 1 aromatic heterocycles. The highest BCUT2D eigenvalue weighted by Gasteiger charge is 2.10. The maximum atomic E-state index is 11.2. The highest BCUT2D eigenvalue weighted by Crippen LogP contribution is 2.25. The molecule has 20 heavy (non-hydrogen) atoms. The van der Waals surface area contributed by atoms with Gasteiger partial charge in [0.1, 0.15) is 6.33 Å². The second-order valence-corrected chi connectivity index (χ2v) is 5.30. The lowest BCUT2D eigenvalue weighted by Crippen LogP contribution is -1.98. The van der Waals surface area contributed by atoms with Crippen LogP contribution in [0.25, 0.3) is 16.7 Å². The first-order chi connectivity index (χ1) is 9.60. The Morgan fingerprint density at radius 1 is 1.15 bits per heavy atom. The maximum absolute atomic E-state index is 11.2. The van der Waals surface area contributed by atoms with Crippen molar-refractivity contribution in [2.75, 3.05) is 0 Å². The summed E-state index contributed by atoms with van der Waals surface area (Å²) in [5, 5.41) is 0.594. The van der Waals surface area contributed by atoms with Crippen molar-refractivity contribution in [3.05, 3.63) is 58.4 Å². The molecule has 3 rings (SSSR count). The van der Waals surface area contributed by atoms with Crippen molar-refractivity contribution in [3.63, 3.8) is 0 Å². The van der Waals surface area contributed by atoms with Crippen LogP contribution >= 0.6 is 11.6 Å². The number of aryl methyl sites for hydroxylation is 2. The molecule has 2 aromatic carbocycles. The number of aldehydes is 1.